The van der Waals surface area contributed by atoms with E-state index in [2.05, 4.69) is 0 Å². The second-order valence-corrected chi connectivity index (χ2v) is 7.93. The van der Waals surface area contributed by atoms with E-state index in [1.165, 1.54) is 18.2 Å². The number of aryl methyl sites for hydroxylation is 1. The molecule has 0 aliphatic carbocycles. The molecule has 0 atom stereocenters. The first kappa shape index (κ1) is 21.0. The Hall–Kier alpha value is -3.90. The average molecular weight is 463 g/mol. The molecule has 0 saturated carbocycles. The van der Waals surface area contributed by atoms with Gasteiger partial charge in [-0.3, -0.25) is 0 Å². The largest absolute Gasteiger partial charge is 0.488 e. The van der Waals surface area contributed by atoms with Gasteiger partial charge in [-0.1, -0.05) is 35.9 Å². The number of fused-ring (bicyclic) bond motifs is 2. The molecule has 0 fully saturated rings. The Morgan fingerprint density at radius 3 is 2.58 bits per heavy atom. The van der Waals surface area contributed by atoms with Crippen LogP contribution in [-0.2, 0) is 6.61 Å². The zero-order valence-electron chi connectivity index (χ0n) is 17.4. The van der Waals surface area contributed by atoms with Crippen molar-refractivity contribution >= 4 is 33.5 Å². The van der Waals surface area contributed by atoms with Gasteiger partial charge in [0.1, 0.15) is 29.3 Å². The molecular weight excluding hydrogens is 447 g/mol. The van der Waals surface area contributed by atoms with Crippen molar-refractivity contribution in [3.63, 3.8) is 0 Å². The third-order valence-electron chi connectivity index (χ3n) is 5.48. The van der Waals surface area contributed by atoms with Gasteiger partial charge in [0.15, 0.2) is 0 Å². The number of halogens is 2. The number of hydrogen-bond acceptors (Lipinski definition) is 5. The van der Waals surface area contributed by atoms with Gasteiger partial charge in [0.05, 0.1) is 10.6 Å². The molecule has 5 aromatic rings. The third-order valence-corrected chi connectivity index (χ3v) is 5.83. The topological polar surface area (TPSA) is 69.7 Å². The van der Waals surface area contributed by atoms with Crippen LogP contribution in [0.2, 0.25) is 5.02 Å². The molecule has 3 aromatic carbocycles. The summed E-state index contributed by atoms with van der Waals surface area (Å²) >= 11 is 6.08. The molecular formula is C26H16ClFO5. The summed E-state index contributed by atoms with van der Waals surface area (Å²) in [5.41, 5.74) is 0.937. The predicted octanol–water partition coefficient (Wildman–Crippen LogP) is 6.25. The maximum atomic E-state index is 14.1. The SMILES string of the molecule is Cc1c(OCc2c(F)cccc2Cl)ccc2c(-c3cc4ccccc4oc3=O)cc(=O)oc12. The number of rotatable bonds is 4. The van der Waals surface area contributed by atoms with Crippen LogP contribution in [0.1, 0.15) is 11.1 Å². The molecule has 0 N–H and O–H groups in total. The summed E-state index contributed by atoms with van der Waals surface area (Å²) in [5, 5.41) is 1.53. The van der Waals surface area contributed by atoms with Crippen LogP contribution in [0.15, 0.2) is 85.2 Å². The van der Waals surface area contributed by atoms with Crippen LogP contribution >= 0.6 is 11.6 Å². The van der Waals surface area contributed by atoms with Crippen molar-refractivity contribution in [2.75, 3.05) is 0 Å². The van der Waals surface area contributed by atoms with E-state index < -0.39 is 17.1 Å². The fraction of sp³-hybridized carbons (Fsp3) is 0.0769. The Bertz CT molecular complexity index is 1630. The molecule has 5 nitrogen and oxygen atoms in total. The van der Waals surface area contributed by atoms with Crippen molar-refractivity contribution in [1.82, 2.24) is 0 Å². The van der Waals surface area contributed by atoms with Crippen LogP contribution in [0, 0.1) is 12.7 Å². The summed E-state index contributed by atoms with van der Waals surface area (Å²) in [6, 6.07) is 17.9. The van der Waals surface area contributed by atoms with Gasteiger partial charge in [0.25, 0.3) is 0 Å². The Labute approximate surface area is 191 Å². The highest BCUT2D eigenvalue weighted by Gasteiger charge is 2.17. The lowest BCUT2D eigenvalue weighted by Gasteiger charge is -2.13. The normalized spacial score (nSPS) is 11.2. The molecule has 0 unspecified atom stereocenters. The van der Waals surface area contributed by atoms with Gasteiger partial charge in [-0.25, -0.2) is 14.0 Å². The Kier molecular flexibility index (Phi) is 5.23. The van der Waals surface area contributed by atoms with E-state index in [1.54, 1.807) is 43.3 Å². The molecule has 0 aliphatic rings. The Morgan fingerprint density at radius 2 is 1.76 bits per heavy atom. The first-order chi connectivity index (χ1) is 15.9. The van der Waals surface area contributed by atoms with Gasteiger partial charge >= 0.3 is 11.3 Å². The monoisotopic (exact) mass is 462 g/mol. The number of hydrogen-bond donors (Lipinski definition) is 0. The summed E-state index contributed by atoms with van der Waals surface area (Å²) in [6.45, 7) is 1.62. The maximum Gasteiger partial charge on any atom is 0.344 e. The molecule has 0 bridgehead atoms. The lowest BCUT2D eigenvalue weighted by molar-refractivity contribution is 0.298. The molecule has 33 heavy (non-hydrogen) atoms. The minimum absolute atomic E-state index is 0.101. The van der Waals surface area contributed by atoms with E-state index in [1.807, 2.05) is 12.1 Å². The van der Waals surface area contributed by atoms with Gasteiger partial charge < -0.3 is 13.6 Å². The fourth-order valence-corrected chi connectivity index (χ4v) is 4.01. The summed E-state index contributed by atoms with van der Waals surface area (Å²) in [7, 11) is 0. The molecule has 0 spiro atoms. The van der Waals surface area contributed by atoms with Crippen LogP contribution in [-0.4, -0.2) is 0 Å². The van der Waals surface area contributed by atoms with Crippen LogP contribution < -0.4 is 16.0 Å². The molecule has 0 aliphatic heterocycles. The standard InChI is InChI=1S/C26H16ClFO5/c1-14-22(31-13-19-20(27)6-4-7-21(19)28)10-9-16-17(12-24(29)33-25(14)16)18-11-15-5-2-3-8-23(15)32-26(18)30/h2-12H,13H2,1H3. The van der Waals surface area contributed by atoms with Crippen molar-refractivity contribution in [2.24, 2.45) is 0 Å². The van der Waals surface area contributed by atoms with Crippen molar-refractivity contribution in [3.05, 3.63) is 110 Å². The lowest BCUT2D eigenvalue weighted by atomic mass is 10.0. The van der Waals surface area contributed by atoms with Gasteiger partial charge in [0.2, 0.25) is 0 Å². The first-order valence-corrected chi connectivity index (χ1v) is 10.5. The van der Waals surface area contributed by atoms with Crippen molar-refractivity contribution in [3.8, 4) is 16.9 Å². The second-order valence-electron chi connectivity index (χ2n) is 7.52. The van der Waals surface area contributed by atoms with E-state index in [4.69, 9.17) is 25.2 Å². The molecule has 2 aromatic heterocycles. The minimum atomic E-state index is -0.623. The van der Waals surface area contributed by atoms with E-state index >= 15 is 0 Å². The van der Waals surface area contributed by atoms with Gasteiger partial charge in [-0.05, 0) is 43.3 Å². The smallest absolute Gasteiger partial charge is 0.344 e. The Morgan fingerprint density at radius 1 is 0.939 bits per heavy atom. The highest BCUT2D eigenvalue weighted by atomic mass is 35.5. The first-order valence-electron chi connectivity index (χ1n) is 10.1. The van der Waals surface area contributed by atoms with Gasteiger partial charge in [-0.2, -0.15) is 0 Å². The molecule has 0 saturated heterocycles. The highest BCUT2D eigenvalue weighted by molar-refractivity contribution is 6.31. The number of ether oxygens (including phenoxy) is 1. The minimum Gasteiger partial charge on any atom is -0.488 e. The second kappa shape index (κ2) is 8.22. The molecule has 2 heterocycles. The number of para-hydroxylation sites is 1. The maximum absolute atomic E-state index is 14.1. The Balaban J connectivity index is 1.62. The molecule has 5 rings (SSSR count). The van der Waals surface area contributed by atoms with Crippen LogP contribution in [0.25, 0.3) is 33.1 Å². The summed E-state index contributed by atoms with van der Waals surface area (Å²) in [6.07, 6.45) is 0. The van der Waals surface area contributed by atoms with E-state index in [-0.39, 0.29) is 28.3 Å². The van der Waals surface area contributed by atoms with E-state index in [0.717, 1.165) is 5.39 Å². The summed E-state index contributed by atoms with van der Waals surface area (Å²) < 4.78 is 30.8. The van der Waals surface area contributed by atoms with E-state index in [9.17, 15) is 14.0 Å². The predicted molar refractivity (Wildman–Crippen MR) is 124 cm³/mol. The van der Waals surface area contributed by atoms with Crippen molar-refractivity contribution < 1.29 is 18.0 Å². The van der Waals surface area contributed by atoms with Crippen molar-refractivity contribution in [1.29, 1.82) is 0 Å². The molecule has 164 valence electrons. The van der Waals surface area contributed by atoms with Crippen LogP contribution in [0.5, 0.6) is 5.75 Å². The van der Waals surface area contributed by atoms with Crippen LogP contribution in [0.3, 0.4) is 0 Å². The van der Waals surface area contributed by atoms with Crippen LogP contribution in [0.4, 0.5) is 4.39 Å². The van der Waals surface area contributed by atoms with E-state index in [0.29, 0.717) is 27.8 Å². The zero-order valence-corrected chi connectivity index (χ0v) is 18.1. The quantitative estimate of drug-likeness (QED) is 0.295. The fourth-order valence-electron chi connectivity index (χ4n) is 3.79. The molecule has 7 heteroatoms. The lowest BCUT2D eigenvalue weighted by Crippen LogP contribution is -2.07. The highest BCUT2D eigenvalue weighted by Crippen LogP contribution is 2.33. The van der Waals surface area contributed by atoms with Gasteiger partial charge in [0, 0.05) is 33.5 Å². The van der Waals surface area contributed by atoms with Gasteiger partial charge in [-0.15, -0.1) is 0 Å². The number of benzene rings is 3. The molecule has 0 radical (unpaired) electrons. The zero-order chi connectivity index (χ0) is 23.1. The summed E-state index contributed by atoms with van der Waals surface area (Å²) in [4.78, 5) is 25.1. The molecule has 0 amide bonds. The summed E-state index contributed by atoms with van der Waals surface area (Å²) in [5.74, 6) is -0.0783. The van der Waals surface area contributed by atoms with Crippen molar-refractivity contribution in [2.45, 2.75) is 13.5 Å². The third kappa shape index (κ3) is 3.79. The average Bonchev–Trinajstić information content (AvgIpc) is 2.79.